The number of alkyl halides is 3. The Hall–Kier alpha value is -2.93. The van der Waals surface area contributed by atoms with Crippen molar-refractivity contribution in [2.24, 2.45) is 5.73 Å². The second-order valence-corrected chi connectivity index (χ2v) is 5.91. The van der Waals surface area contributed by atoms with Crippen molar-refractivity contribution in [1.82, 2.24) is 4.98 Å². The van der Waals surface area contributed by atoms with Crippen LogP contribution in [-0.2, 0) is 17.4 Å². The molecule has 0 fully saturated rings. The van der Waals surface area contributed by atoms with E-state index in [1.165, 1.54) is 18.3 Å². The summed E-state index contributed by atoms with van der Waals surface area (Å²) in [5.41, 5.74) is 7.01. The summed E-state index contributed by atoms with van der Waals surface area (Å²) in [5, 5.41) is 3.56. The maximum Gasteiger partial charge on any atom is 0.416 e. The molecule has 0 aliphatic rings. The fourth-order valence-corrected chi connectivity index (χ4v) is 2.55. The molecule has 1 atom stereocenters. The molecular weight excluding hydrogens is 343 g/mol. The van der Waals surface area contributed by atoms with E-state index in [9.17, 15) is 18.0 Å². The van der Waals surface area contributed by atoms with Gasteiger partial charge in [-0.2, -0.15) is 13.2 Å². The fraction of sp³-hybridized carbons (Fsp3) is 0.158. The summed E-state index contributed by atoms with van der Waals surface area (Å²) < 4.78 is 37.7. The molecule has 3 rings (SSSR count). The molecular formula is C19H16F3N3O. The molecule has 1 heterocycles. The number of anilines is 1. The Morgan fingerprint density at radius 2 is 1.81 bits per heavy atom. The average Bonchev–Trinajstić information content (AvgIpc) is 2.61. The van der Waals surface area contributed by atoms with Gasteiger partial charge in [0.15, 0.2) is 0 Å². The third-order valence-electron chi connectivity index (χ3n) is 3.93. The van der Waals surface area contributed by atoms with Crippen LogP contribution in [0.5, 0.6) is 0 Å². The molecule has 3 aromatic rings. The molecule has 1 amide bonds. The zero-order valence-corrected chi connectivity index (χ0v) is 13.6. The zero-order valence-electron chi connectivity index (χ0n) is 13.6. The van der Waals surface area contributed by atoms with Crippen LogP contribution in [0.1, 0.15) is 11.1 Å². The number of carbonyl (C=O) groups is 1. The number of para-hydroxylation sites is 1. The Bertz CT molecular complexity index is 923. The van der Waals surface area contributed by atoms with Gasteiger partial charge in [0.1, 0.15) is 0 Å². The molecule has 134 valence electrons. The number of aromatic nitrogens is 1. The molecule has 0 unspecified atom stereocenters. The summed E-state index contributed by atoms with van der Waals surface area (Å²) in [7, 11) is 0. The summed E-state index contributed by atoms with van der Waals surface area (Å²) in [6.45, 7) is 0. The highest BCUT2D eigenvalue weighted by Gasteiger charge is 2.30. The van der Waals surface area contributed by atoms with E-state index < -0.39 is 23.7 Å². The average molecular weight is 359 g/mol. The lowest BCUT2D eigenvalue weighted by molar-refractivity contribution is -0.137. The van der Waals surface area contributed by atoms with Crippen molar-refractivity contribution in [1.29, 1.82) is 0 Å². The Morgan fingerprint density at radius 1 is 1.12 bits per heavy atom. The number of amides is 1. The van der Waals surface area contributed by atoms with Gasteiger partial charge in [-0.15, -0.1) is 0 Å². The predicted molar refractivity (Wildman–Crippen MR) is 93.5 cm³/mol. The van der Waals surface area contributed by atoms with Crippen molar-refractivity contribution < 1.29 is 18.0 Å². The number of hydrogen-bond donors (Lipinski definition) is 2. The van der Waals surface area contributed by atoms with Crippen molar-refractivity contribution >= 4 is 22.5 Å². The lowest BCUT2D eigenvalue weighted by Gasteiger charge is -2.13. The van der Waals surface area contributed by atoms with Crippen LogP contribution in [0.2, 0.25) is 0 Å². The predicted octanol–water partition coefficient (Wildman–Crippen LogP) is 3.76. The normalized spacial score (nSPS) is 12.8. The highest BCUT2D eigenvalue weighted by Crippen LogP contribution is 2.29. The van der Waals surface area contributed by atoms with Gasteiger partial charge in [0.25, 0.3) is 0 Å². The number of halogens is 3. The van der Waals surface area contributed by atoms with Crippen molar-refractivity contribution in [2.75, 3.05) is 5.32 Å². The van der Waals surface area contributed by atoms with Gasteiger partial charge in [0.05, 0.1) is 29.0 Å². The molecule has 0 saturated carbocycles. The van der Waals surface area contributed by atoms with Crippen molar-refractivity contribution in [3.05, 3.63) is 71.9 Å². The van der Waals surface area contributed by atoms with Gasteiger partial charge < -0.3 is 11.1 Å². The van der Waals surface area contributed by atoms with E-state index in [1.54, 1.807) is 6.07 Å². The molecule has 26 heavy (non-hydrogen) atoms. The van der Waals surface area contributed by atoms with Gasteiger partial charge in [-0.05, 0) is 36.2 Å². The monoisotopic (exact) mass is 359 g/mol. The number of carbonyl (C=O) groups excluding carboxylic acids is 1. The number of pyridine rings is 1. The first-order valence-corrected chi connectivity index (χ1v) is 7.90. The molecule has 0 aliphatic heterocycles. The Labute approximate surface area is 147 Å². The van der Waals surface area contributed by atoms with Crippen LogP contribution >= 0.6 is 0 Å². The van der Waals surface area contributed by atoms with Crippen LogP contribution in [0.15, 0.2) is 60.8 Å². The Morgan fingerprint density at radius 3 is 2.50 bits per heavy atom. The smallest absolute Gasteiger partial charge is 0.323 e. The third kappa shape index (κ3) is 4.18. The van der Waals surface area contributed by atoms with Gasteiger partial charge >= 0.3 is 6.18 Å². The second-order valence-electron chi connectivity index (χ2n) is 5.91. The van der Waals surface area contributed by atoms with E-state index in [0.29, 0.717) is 11.3 Å². The van der Waals surface area contributed by atoms with Gasteiger partial charge in [-0.25, -0.2) is 0 Å². The summed E-state index contributed by atoms with van der Waals surface area (Å²) in [5.74, 6) is -0.429. The first-order valence-electron chi connectivity index (χ1n) is 7.90. The highest BCUT2D eigenvalue weighted by atomic mass is 19.4. The Kier molecular flexibility index (Phi) is 4.90. The molecule has 0 saturated heterocycles. The van der Waals surface area contributed by atoms with Crippen molar-refractivity contribution in [3.63, 3.8) is 0 Å². The standard InChI is InChI=1S/C19H16F3N3O/c20-19(21,22)14-7-5-12(6-8-14)9-16(23)18(26)25-15-10-13-3-1-2-4-17(13)24-11-15/h1-8,10-11,16H,9,23H2,(H,25,26)/t16-/m0/s1. The summed E-state index contributed by atoms with van der Waals surface area (Å²) >= 11 is 0. The fourth-order valence-electron chi connectivity index (χ4n) is 2.55. The second kappa shape index (κ2) is 7.13. The van der Waals surface area contributed by atoms with E-state index >= 15 is 0 Å². The van der Waals surface area contributed by atoms with Crippen molar-refractivity contribution in [3.8, 4) is 0 Å². The maximum absolute atomic E-state index is 12.6. The van der Waals surface area contributed by atoms with Crippen LogP contribution in [0.4, 0.5) is 18.9 Å². The van der Waals surface area contributed by atoms with Gasteiger partial charge in [0, 0.05) is 5.39 Å². The lowest BCUT2D eigenvalue weighted by Crippen LogP contribution is -2.37. The van der Waals surface area contributed by atoms with E-state index in [4.69, 9.17) is 5.73 Å². The van der Waals surface area contributed by atoms with Crippen LogP contribution in [0.3, 0.4) is 0 Å². The maximum atomic E-state index is 12.6. The summed E-state index contributed by atoms with van der Waals surface area (Å²) in [4.78, 5) is 16.5. The molecule has 4 nitrogen and oxygen atoms in total. The minimum Gasteiger partial charge on any atom is -0.323 e. The first-order chi connectivity index (χ1) is 12.3. The van der Waals surface area contributed by atoms with Gasteiger partial charge in [0.2, 0.25) is 5.91 Å². The summed E-state index contributed by atoms with van der Waals surface area (Å²) in [6.07, 6.45) is -2.73. The molecule has 1 aromatic heterocycles. The zero-order chi connectivity index (χ0) is 18.7. The van der Waals surface area contributed by atoms with E-state index in [-0.39, 0.29) is 6.42 Å². The number of nitrogens with one attached hydrogen (secondary N) is 1. The summed E-state index contributed by atoms with van der Waals surface area (Å²) in [6, 6.07) is 13.0. The highest BCUT2D eigenvalue weighted by molar-refractivity contribution is 5.96. The van der Waals surface area contributed by atoms with E-state index in [0.717, 1.165) is 23.0 Å². The minimum absolute atomic E-state index is 0.130. The van der Waals surface area contributed by atoms with Crippen molar-refractivity contribution in [2.45, 2.75) is 18.6 Å². The molecule has 2 aromatic carbocycles. The van der Waals surface area contributed by atoms with Gasteiger partial charge in [-0.1, -0.05) is 30.3 Å². The van der Waals surface area contributed by atoms with E-state index in [1.807, 2.05) is 24.3 Å². The van der Waals surface area contributed by atoms with E-state index in [2.05, 4.69) is 10.3 Å². The van der Waals surface area contributed by atoms with Crippen LogP contribution in [0, 0.1) is 0 Å². The molecule has 0 radical (unpaired) electrons. The number of rotatable bonds is 4. The molecule has 7 heteroatoms. The number of fused-ring (bicyclic) bond motifs is 1. The number of benzene rings is 2. The molecule has 3 N–H and O–H groups in total. The molecule has 0 bridgehead atoms. The minimum atomic E-state index is -4.39. The van der Waals surface area contributed by atoms with Crippen LogP contribution in [-0.4, -0.2) is 16.9 Å². The largest absolute Gasteiger partial charge is 0.416 e. The number of nitrogens with zero attached hydrogens (tertiary/aromatic N) is 1. The first kappa shape index (κ1) is 17.9. The topological polar surface area (TPSA) is 68.0 Å². The van der Waals surface area contributed by atoms with Crippen LogP contribution in [0.25, 0.3) is 10.9 Å². The quantitative estimate of drug-likeness (QED) is 0.745. The number of nitrogens with two attached hydrogens (primary N) is 1. The Balaban J connectivity index is 1.65. The third-order valence-corrected chi connectivity index (χ3v) is 3.93. The SMILES string of the molecule is N[C@@H](Cc1ccc(C(F)(F)F)cc1)C(=O)Nc1cnc2ccccc2c1. The van der Waals surface area contributed by atoms with Crippen LogP contribution < -0.4 is 11.1 Å². The number of hydrogen-bond acceptors (Lipinski definition) is 3. The lowest BCUT2D eigenvalue weighted by atomic mass is 10.0. The molecule has 0 spiro atoms. The molecule has 0 aliphatic carbocycles. The van der Waals surface area contributed by atoms with Gasteiger partial charge in [-0.3, -0.25) is 9.78 Å².